The van der Waals surface area contributed by atoms with Crippen LogP contribution in [0.4, 0.5) is 13.2 Å². The van der Waals surface area contributed by atoms with Gasteiger partial charge in [-0.05, 0) is 42.6 Å². The molecule has 136 valence electrons. The van der Waals surface area contributed by atoms with Crippen LogP contribution in [0.15, 0.2) is 54.6 Å². The first-order valence-electron chi connectivity index (χ1n) is 7.84. The van der Waals surface area contributed by atoms with Gasteiger partial charge >= 0.3 is 6.18 Å². The van der Waals surface area contributed by atoms with Crippen molar-refractivity contribution in [2.24, 2.45) is 0 Å². The second-order valence-corrected chi connectivity index (χ2v) is 7.27. The van der Waals surface area contributed by atoms with E-state index in [2.05, 4.69) is 5.32 Å². The van der Waals surface area contributed by atoms with Crippen molar-refractivity contribution in [1.29, 1.82) is 0 Å². The molecule has 0 fully saturated rings. The molecular weight excluding hydrogens is 363 g/mol. The lowest BCUT2D eigenvalue weighted by molar-refractivity contribution is -0.137. The summed E-state index contributed by atoms with van der Waals surface area (Å²) in [6, 6.07) is 13.7. The Hall–Kier alpha value is -2.38. The second-order valence-electron chi connectivity index (χ2n) is 6.18. The van der Waals surface area contributed by atoms with E-state index in [-0.39, 0.29) is 12.1 Å². The zero-order valence-corrected chi connectivity index (χ0v) is 14.6. The topological polar surface area (TPSA) is 49.3 Å². The van der Waals surface area contributed by atoms with E-state index in [1.165, 1.54) is 23.5 Å². The van der Waals surface area contributed by atoms with E-state index >= 15 is 0 Å². The van der Waals surface area contributed by atoms with Crippen molar-refractivity contribution in [3.8, 4) is 0 Å². The Bertz CT molecular complexity index is 914. The number of amides is 1. The highest BCUT2D eigenvalue weighted by Gasteiger charge is 2.31. The molecule has 3 nitrogen and oxygen atoms in total. The number of carbonyl (C=O) groups excluding carboxylic acids is 1. The lowest BCUT2D eigenvalue weighted by Crippen LogP contribution is -2.38. The molecule has 3 aromatic rings. The lowest BCUT2D eigenvalue weighted by atomic mass is 10.0. The molecular formula is C19H16F3NO2S. The molecule has 2 aromatic carbocycles. The van der Waals surface area contributed by atoms with Crippen molar-refractivity contribution in [2.45, 2.75) is 18.7 Å². The highest BCUT2D eigenvalue weighted by molar-refractivity contribution is 7.19. The van der Waals surface area contributed by atoms with Crippen molar-refractivity contribution < 1.29 is 23.1 Å². The normalized spacial score (nSPS) is 14.2. The molecule has 0 bridgehead atoms. The summed E-state index contributed by atoms with van der Waals surface area (Å²) in [5.41, 5.74) is -2.32. The van der Waals surface area contributed by atoms with Crippen molar-refractivity contribution in [3.63, 3.8) is 0 Å². The molecule has 3 rings (SSSR count). The standard InChI is InChI=1S/C19H16F3NO2S/c1-18(25,16-10-12-5-2-3-8-15(12)26-16)11-23-17(24)13-6-4-7-14(9-13)19(20,21)22/h2-10,25H,11H2,1H3,(H,23,24). The molecule has 0 aliphatic rings. The SMILES string of the molecule is CC(O)(CNC(=O)c1cccc(C(F)(F)F)c1)c1cc2ccccc2s1. The number of aliphatic hydroxyl groups is 1. The van der Waals surface area contributed by atoms with Gasteiger partial charge in [0.1, 0.15) is 5.60 Å². The maximum atomic E-state index is 12.8. The maximum absolute atomic E-state index is 12.8. The van der Waals surface area contributed by atoms with Crippen LogP contribution in [0, 0.1) is 0 Å². The monoisotopic (exact) mass is 379 g/mol. The summed E-state index contributed by atoms with van der Waals surface area (Å²) >= 11 is 1.41. The molecule has 0 aliphatic heterocycles. The summed E-state index contributed by atoms with van der Waals surface area (Å²) in [4.78, 5) is 12.9. The number of hydrogen-bond donors (Lipinski definition) is 2. The third-order valence-electron chi connectivity index (χ3n) is 4.00. The summed E-state index contributed by atoms with van der Waals surface area (Å²) < 4.78 is 39.3. The van der Waals surface area contributed by atoms with Gasteiger partial charge in [-0.2, -0.15) is 13.2 Å². The van der Waals surface area contributed by atoms with E-state index in [0.717, 1.165) is 22.2 Å². The number of fused-ring (bicyclic) bond motifs is 1. The van der Waals surface area contributed by atoms with Gasteiger partial charge in [0, 0.05) is 15.1 Å². The molecule has 26 heavy (non-hydrogen) atoms. The van der Waals surface area contributed by atoms with Crippen molar-refractivity contribution in [1.82, 2.24) is 5.32 Å². The number of alkyl halides is 3. The van der Waals surface area contributed by atoms with Crippen LogP contribution in [-0.4, -0.2) is 17.6 Å². The number of benzene rings is 2. The molecule has 0 saturated carbocycles. The Morgan fingerprint density at radius 3 is 2.54 bits per heavy atom. The zero-order valence-electron chi connectivity index (χ0n) is 13.8. The van der Waals surface area contributed by atoms with Gasteiger partial charge in [0.2, 0.25) is 0 Å². The molecule has 1 aromatic heterocycles. The lowest BCUT2D eigenvalue weighted by Gasteiger charge is -2.22. The van der Waals surface area contributed by atoms with Gasteiger partial charge in [0.15, 0.2) is 0 Å². The van der Waals surface area contributed by atoms with E-state index in [1.54, 1.807) is 6.92 Å². The number of thiophene rings is 1. The minimum absolute atomic E-state index is 0.105. The molecule has 1 unspecified atom stereocenters. The van der Waals surface area contributed by atoms with Gasteiger partial charge < -0.3 is 10.4 Å². The zero-order chi connectivity index (χ0) is 18.9. The fourth-order valence-corrected chi connectivity index (χ4v) is 3.63. The Morgan fingerprint density at radius 2 is 1.85 bits per heavy atom. The van der Waals surface area contributed by atoms with Gasteiger partial charge in [-0.25, -0.2) is 0 Å². The molecule has 0 aliphatic carbocycles. The third kappa shape index (κ3) is 3.89. The molecule has 0 spiro atoms. The Kier molecular flexibility index (Phi) is 4.77. The molecule has 1 atom stereocenters. The Balaban J connectivity index is 1.74. The van der Waals surface area contributed by atoms with Gasteiger partial charge in [0.05, 0.1) is 12.1 Å². The molecule has 0 saturated heterocycles. The predicted octanol–water partition coefficient (Wildman–Crippen LogP) is 4.56. The Labute approximate surface area is 152 Å². The quantitative estimate of drug-likeness (QED) is 0.698. The maximum Gasteiger partial charge on any atom is 0.416 e. The van der Waals surface area contributed by atoms with Crippen LogP contribution in [0.5, 0.6) is 0 Å². The average Bonchev–Trinajstić information content (AvgIpc) is 3.04. The van der Waals surface area contributed by atoms with E-state index in [9.17, 15) is 23.1 Å². The second kappa shape index (κ2) is 6.74. The fourth-order valence-electron chi connectivity index (χ4n) is 2.53. The summed E-state index contributed by atoms with van der Waals surface area (Å²) in [5, 5.41) is 14.2. The van der Waals surface area contributed by atoms with Gasteiger partial charge in [-0.15, -0.1) is 11.3 Å². The number of halogens is 3. The Morgan fingerprint density at radius 1 is 1.12 bits per heavy atom. The number of hydrogen-bond acceptors (Lipinski definition) is 3. The predicted molar refractivity (Wildman–Crippen MR) is 95.2 cm³/mol. The summed E-state index contributed by atoms with van der Waals surface area (Å²) in [7, 11) is 0. The van der Waals surface area contributed by atoms with E-state index in [4.69, 9.17) is 0 Å². The minimum atomic E-state index is -4.52. The molecule has 1 heterocycles. The van der Waals surface area contributed by atoms with Crippen LogP contribution < -0.4 is 5.32 Å². The fraction of sp³-hybridized carbons (Fsp3) is 0.211. The summed E-state index contributed by atoms with van der Waals surface area (Å²) in [6.45, 7) is 1.44. The van der Waals surface area contributed by atoms with Crippen LogP contribution >= 0.6 is 11.3 Å². The highest BCUT2D eigenvalue weighted by atomic mass is 32.1. The van der Waals surface area contributed by atoms with E-state index in [1.807, 2.05) is 30.3 Å². The van der Waals surface area contributed by atoms with Gasteiger partial charge in [-0.1, -0.05) is 24.3 Å². The summed E-state index contributed by atoms with van der Waals surface area (Å²) in [6.07, 6.45) is -4.52. The van der Waals surface area contributed by atoms with Crippen LogP contribution in [0.25, 0.3) is 10.1 Å². The van der Waals surface area contributed by atoms with Crippen molar-refractivity contribution >= 4 is 27.3 Å². The summed E-state index contributed by atoms with van der Waals surface area (Å²) in [5.74, 6) is -0.669. The van der Waals surface area contributed by atoms with Crippen molar-refractivity contribution in [3.05, 3.63) is 70.6 Å². The first kappa shape index (κ1) is 18.4. The van der Waals surface area contributed by atoms with Crippen molar-refractivity contribution in [2.75, 3.05) is 6.54 Å². The number of carbonyl (C=O) groups is 1. The van der Waals surface area contributed by atoms with Crippen LogP contribution in [0.2, 0.25) is 0 Å². The largest absolute Gasteiger partial charge is 0.416 e. The minimum Gasteiger partial charge on any atom is -0.383 e. The van der Waals surface area contributed by atoms with Gasteiger partial charge in [0.25, 0.3) is 5.91 Å². The molecule has 0 radical (unpaired) electrons. The molecule has 2 N–H and O–H groups in total. The smallest absolute Gasteiger partial charge is 0.383 e. The van der Waals surface area contributed by atoms with Crippen LogP contribution in [-0.2, 0) is 11.8 Å². The van der Waals surface area contributed by atoms with Gasteiger partial charge in [-0.3, -0.25) is 4.79 Å². The third-order valence-corrected chi connectivity index (χ3v) is 5.37. The number of rotatable bonds is 4. The highest BCUT2D eigenvalue weighted by Crippen LogP contribution is 2.33. The van der Waals surface area contributed by atoms with E-state index in [0.29, 0.717) is 4.88 Å². The molecule has 7 heteroatoms. The average molecular weight is 379 g/mol. The van der Waals surface area contributed by atoms with Crippen LogP contribution in [0.1, 0.15) is 27.7 Å². The van der Waals surface area contributed by atoms with E-state index < -0.39 is 23.2 Å². The first-order chi connectivity index (χ1) is 12.2. The first-order valence-corrected chi connectivity index (χ1v) is 8.65. The van der Waals surface area contributed by atoms with Crippen LogP contribution in [0.3, 0.4) is 0 Å². The molecule has 1 amide bonds. The number of nitrogens with one attached hydrogen (secondary N) is 1.